The topological polar surface area (TPSA) is 79.3 Å². The Balaban J connectivity index is 2.00. The smallest absolute Gasteiger partial charge is 0.417 e. The maximum atomic E-state index is 12.5. The van der Waals surface area contributed by atoms with Gasteiger partial charge in [0, 0.05) is 6.20 Å². The molecule has 0 bridgehead atoms. The van der Waals surface area contributed by atoms with Crippen LogP contribution in [0, 0.1) is 5.92 Å². The number of carboxylic acid groups (broad SMARTS) is 1. The maximum Gasteiger partial charge on any atom is 0.417 e. The van der Waals surface area contributed by atoms with Crippen LogP contribution in [0.2, 0.25) is 0 Å². The predicted octanol–water partition coefficient (Wildman–Crippen LogP) is 3.77. The van der Waals surface area contributed by atoms with Gasteiger partial charge in [-0.3, -0.25) is 9.59 Å². The summed E-state index contributed by atoms with van der Waals surface area (Å²) < 4.78 is 37.6. The SMILES string of the molecule is CC(C(=O)O)C(NC(=O)CSc1ccc(C(F)(F)F)cn1)c1ccccc1. The lowest BCUT2D eigenvalue weighted by atomic mass is 9.94. The van der Waals surface area contributed by atoms with E-state index in [4.69, 9.17) is 0 Å². The van der Waals surface area contributed by atoms with Gasteiger partial charge in [-0.25, -0.2) is 4.98 Å². The minimum absolute atomic E-state index is 0.103. The first-order chi connectivity index (χ1) is 12.7. The molecule has 27 heavy (non-hydrogen) atoms. The molecule has 1 aromatic carbocycles. The Hall–Kier alpha value is -2.55. The molecule has 0 spiro atoms. The van der Waals surface area contributed by atoms with Crippen molar-refractivity contribution in [3.05, 3.63) is 59.8 Å². The molecule has 2 N–H and O–H groups in total. The molecule has 2 rings (SSSR count). The van der Waals surface area contributed by atoms with Crippen LogP contribution in [0.1, 0.15) is 24.1 Å². The Morgan fingerprint density at radius 2 is 1.85 bits per heavy atom. The zero-order chi connectivity index (χ0) is 20.0. The standard InChI is InChI=1S/C18H17F3N2O3S/c1-11(17(25)26)16(12-5-3-2-4-6-12)23-14(24)10-27-15-8-7-13(9-22-15)18(19,20)21/h2-9,11,16H,10H2,1H3,(H,23,24)(H,25,26). The fourth-order valence-electron chi connectivity index (χ4n) is 2.29. The van der Waals surface area contributed by atoms with E-state index in [-0.39, 0.29) is 10.8 Å². The number of nitrogens with zero attached hydrogens (tertiary/aromatic N) is 1. The van der Waals surface area contributed by atoms with Crippen LogP contribution in [-0.4, -0.2) is 27.7 Å². The van der Waals surface area contributed by atoms with Crippen molar-refractivity contribution in [3.63, 3.8) is 0 Å². The van der Waals surface area contributed by atoms with Gasteiger partial charge in [-0.1, -0.05) is 42.1 Å². The fourth-order valence-corrected chi connectivity index (χ4v) is 2.94. The Kier molecular flexibility index (Phi) is 6.84. The monoisotopic (exact) mass is 398 g/mol. The van der Waals surface area contributed by atoms with Crippen LogP contribution in [0.25, 0.3) is 0 Å². The average Bonchev–Trinajstić information content (AvgIpc) is 2.64. The molecule has 0 aliphatic carbocycles. The molecule has 0 saturated heterocycles. The molecule has 0 fully saturated rings. The van der Waals surface area contributed by atoms with Gasteiger partial charge in [-0.05, 0) is 24.6 Å². The van der Waals surface area contributed by atoms with E-state index in [0.29, 0.717) is 11.8 Å². The summed E-state index contributed by atoms with van der Waals surface area (Å²) in [5.74, 6) is -2.45. The van der Waals surface area contributed by atoms with E-state index in [1.54, 1.807) is 30.3 Å². The number of alkyl halides is 3. The number of thioether (sulfide) groups is 1. The number of aliphatic carboxylic acids is 1. The molecule has 0 aliphatic rings. The number of carbonyl (C=O) groups excluding carboxylic acids is 1. The van der Waals surface area contributed by atoms with Crippen LogP contribution in [0.5, 0.6) is 0 Å². The van der Waals surface area contributed by atoms with Crippen LogP contribution < -0.4 is 5.32 Å². The zero-order valence-electron chi connectivity index (χ0n) is 14.2. The van der Waals surface area contributed by atoms with Gasteiger partial charge in [0.15, 0.2) is 0 Å². The maximum absolute atomic E-state index is 12.5. The summed E-state index contributed by atoms with van der Waals surface area (Å²) in [7, 11) is 0. The Labute approximate surface area is 158 Å². The number of amides is 1. The molecular formula is C18H17F3N2O3S. The second-order valence-corrected chi connectivity index (χ2v) is 6.75. The molecule has 1 aromatic heterocycles. The van der Waals surface area contributed by atoms with Crippen molar-refractivity contribution >= 4 is 23.6 Å². The van der Waals surface area contributed by atoms with Crippen molar-refractivity contribution in [2.24, 2.45) is 5.92 Å². The van der Waals surface area contributed by atoms with Gasteiger partial charge < -0.3 is 10.4 Å². The summed E-state index contributed by atoms with van der Waals surface area (Å²) in [5, 5.41) is 12.2. The highest BCUT2D eigenvalue weighted by Crippen LogP contribution is 2.29. The highest BCUT2D eigenvalue weighted by Gasteiger charge is 2.30. The first-order valence-corrected chi connectivity index (χ1v) is 8.90. The molecule has 2 unspecified atom stereocenters. The second-order valence-electron chi connectivity index (χ2n) is 5.75. The van der Waals surface area contributed by atoms with Gasteiger partial charge in [0.05, 0.1) is 28.3 Å². The van der Waals surface area contributed by atoms with Gasteiger partial charge in [0.1, 0.15) is 0 Å². The van der Waals surface area contributed by atoms with E-state index < -0.39 is 35.6 Å². The number of nitrogens with one attached hydrogen (secondary N) is 1. The lowest BCUT2D eigenvalue weighted by Gasteiger charge is -2.22. The van der Waals surface area contributed by atoms with Crippen LogP contribution in [-0.2, 0) is 15.8 Å². The quantitative estimate of drug-likeness (QED) is 0.694. The van der Waals surface area contributed by atoms with Crippen molar-refractivity contribution in [2.75, 3.05) is 5.75 Å². The van der Waals surface area contributed by atoms with E-state index in [2.05, 4.69) is 10.3 Å². The second kappa shape index (κ2) is 8.90. The first-order valence-electron chi connectivity index (χ1n) is 7.91. The number of pyridine rings is 1. The number of benzene rings is 1. The van der Waals surface area contributed by atoms with E-state index >= 15 is 0 Å². The molecular weight excluding hydrogens is 381 g/mol. The molecule has 0 radical (unpaired) electrons. The van der Waals surface area contributed by atoms with Gasteiger partial charge in [-0.2, -0.15) is 13.2 Å². The number of rotatable bonds is 7. The number of halogens is 3. The summed E-state index contributed by atoms with van der Waals surface area (Å²) >= 11 is 0.967. The summed E-state index contributed by atoms with van der Waals surface area (Å²) in [6.07, 6.45) is -3.76. The number of hydrogen-bond acceptors (Lipinski definition) is 4. The van der Waals surface area contributed by atoms with Gasteiger partial charge in [-0.15, -0.1) is 0 Å². The van der Waals surface area contributed by atoms with Crippen LogP contribution in [0.15, 0.2) is 53.7 Å². The zero-order valence-corrected chi connectivity index (χ0v) is 15.1. The molecule has 1 amide bonds. The first kappa shape index (κ1) is 20.8. The van der Waals surface area contributed by atoms with Crippen molar-refractivity contribution < 1.29 is 27.9 Å². The predicted molar refractivity (Wildman–Crippen MR) is 94.1 cm³/mol. The normalized spacial score (nSPS) is 13.6. The summed E-state index contributed by atoms with van der Waals surface area (Å²) in [6, 6.07) is 10.1. The molecule has 2 atom stereocenters. The number of hydrogen-bond donors (Lipinski definition) is 2. The minimum atomic E-state index is -4.47. The lowest BCUT2D eigenvalue weighted by Crippen LogP contribution is -2.36. The average molecular weight is 398 g/mol. The van der Waals surface area contributed by atoms with Crippen molar-refractivity contribution in [1.82, 2.24) is 10.3 Å². The Bertz CT molecular complexity index is 783. The van der Waals surface area contributed by atoms with Crippen LogP contribution in [0.3, 0.4) is 0 Å². The van der Waals surface area contributed by atoms with Crippen LogP contribution >= 0.6 is 11.8 Å². The van der Waals surface area contributed by atoms with E-state index in [1.807, 2.05) is 0 Å². The van der Waals surface area contributed by atoms with Gasteiger partial charge in [0.2, 0.25) is 5.91 Å². The van der Waals surface area contributed by atoms with Crippen LogP contribution in [0.4, 0.5) is 13.2 Å². The van der Waals surface area contributed by atoms with E-state index in [1.165, 1.54) is 13.0 Å². The summed E-state index contributed by atoms with van der Waals surface area (Å²) in [5.41, 5.74) is -0.214. The highest BCUT2D eigenvalue weighted by atomic mass is 32.2. The van der Waals surface area contributed by atoms with Crippen molar-refractivity contribution in [1.29, 1.82) is 0 Å². The highest BCUT2D eigenvalue weighted by molar-refractivity contribution is 7.99. The van der Waals surface area contributed by atoms with Gasteiger partial charge >= 0.3 is 12.1 Å². The summed E-state index contributed by atoms with van der Waals surface area (Å²) in [6.45, 7) is 1.49. The number of carbonyl (C=O) groups is 2. The van der Waals surface area contributed by atoms with Crippen molar-refractivity contribution in [2.45, 2.75) is 24.2 Å². The Morgan fingerprint density at radius 1 is 1.19 bits per heavy atom. The molecule has 5 nitrogen and oxygen atoms in total. The fraction of sp³-hybridized carbons (Fsp3) is 0.278. The molecule has 144 valence electrons. The minimum Gasteiger partial charge on any atom is -0.481 e. The van der Waals surface area contributed by atoms with E-state index in [0.717, 1.165) is 17.8 Å². The number of carboxylic acids is 1. The summed E-state index contributed by atoms with van der Waals surface area (Å²) in [4.78, 5) is 27.2. The third-order valence-electron chi connectivity index (χ3n) is 3.78. The largest absolute Gasteiger partial charge is 0.481 e. The third-order valence-corrected chi connectivity index (χ3v) is 4.72. The van der Waals surface area contributed by atoms with Crippen molar-refractivity contribution in [3.8, 4) is 0 Å². The molecule has 0 aliphatic heterocycles. The molecule has 1 heterocycles. The third kappa shape index (κ3) is 5.99. The number of aromatic nitrogens is 1. The van der Waals surface area contributed by atoms with Gasteiger partial charge in [0.25, 0.3) is 0 Å². The molecule has 0 saturated carbocycles. The lowest BCUT2D eigenvalue weighted by molar-refractivity contribution is -0.142. The molecule has 2 aromatic rings. The molecule has 9 heteroatoms. The van der Waals surface area contributed by atoms with E-state index in [9.17, 15) is 27.9 Å². The Morgan fingerprint density at radius 3 is 2.37 bits per heavy atom.